The normalized spacial score (nSPS) is 10.2. The van der Waals surface area contributed by atoms with Crippen molar-refractivity contribution in [1.82, 2.24) is 4.98 Å². The monoisotopic (exact) mass is 383 g/mol. The molecule has 7 heteroatoms. The summed E-state index contributed by atoms with van der Waals surface area (Å²) in [5.41, 5.74) is 1.49. The molecule has 0 amide bonds. The molecular formula is C19H17N3O2S2. The van der Waals surface area contributed by atoms with Crippen LogP contribution in [0.25, 0.3) is 10.4 Å². The van der Waals surface area contributed by atoms with Crippen molar-refractivity contribution in [3.05, 3.63) is 66.4 Å². The molecule has 3 rings (SSSR count). The summed E-state index contributed by atoms with van der Waals surface area (Å²) in [5, 5.41) is 7.08. The van der Waals surface area contributed by atoms with Gasteiger partial charge in [-0.15, -0.1) is 11.3 Å². The van der Waals surface area contributed by atoms with Crippen LogP contribution in [-0.2, 0) is 4.74 Å². The van der Waals surface area contributed by atoms with Crippen LogP contribution in [0.2, 0.25) is 0 Å². The molecule has 0 atom stereocenters. The van der Waals surface area contributed by atoms with Crippen LogP contribution in [0.5, 0.6) is 0 Å². The molecule has 0 fully saturated rings. The maximum Gasteiger partial charge on any atom is 0.341 e. The Morgan fingerprint density at radius 1 is 1.15 bits per heavy atom. The standard InChI is InChI=1S/C19H17N3O2S2/c1-2-24-18(23)14-12-15(13-8-4-3-5-9-13)26-17(14)22-19(25)21-16-10-6-7-11-20-16/h3-12H,2H2,1H3,(H2,20,21,22,25). The number of ether oxygens (including phenoxy) is 1. The summed E-state index contributed by atoms with van der Waals surface area (Å²) in [5.74, 6) is 0.247. The maximum atomic E-state index is 12.3. The number of benzene rings is 1. The molecule has 2 heterocycles. The van der Waals surface area contributed by atoms with E-state index in [0.717, 1.165) is 10.4 Å². The van der Waals surface area contributed by atoms with Crippen molar-refractivity contribution in [3.63, 3.8) is 0 Å². The Labute approximate surface area is 161 Å². The number of anilines is 2. The second-order valence-corrected chi connectivity index (χ2v) is 6.69. The van der Waals surface area contributed by atoms with Gasteiger partial charge >= 0.3 is 5.97 Å². The highest BCUT2D eigenvalue weighted by atomic mass is 32.1. The zero-order valence-electron chi connectivity index (χ0n) is 14.1. The molecule has 0 saturated carbocycles. The summed E-state index contributed by atoms with van der Waals surface area (Å²) in [6.45, 7) is 2.09. The minimum absolute atomic E-state index is 0.311. The van der Waals surface area contributed by atoms with Gasteiger partial charge in [-0.2, -0.15) is 0 Å². The van der Waals surface area contributed by atoms with Crippen molar-refractivity contribution in [2.24, 2.45) is 0 Å². The second kappa shape index (κ2) is 8.55. The first-order chi connectivity index (χ1) is 12.7. The van der Waals surface area contributed by atoms with Gasteiger partial charge < -0.3 is 15.4 Å². The van der Waals surface area contributed by atoms with Crippen molar-refractivity contribution in [1.29, 1.82) is 0 Å². The average molecular weight is 383 g/mol. The molecule has 0 aliphatic carbocycles. The largest absolute Gasteiger partial charge is 0.462 e. The number of pyridine rings is 1. The van der Waals surface area contributed by atoms with E-state index in [1.807, 2.05) is 54.6 Å². The van der Waals surface area contributed by atoms with Crippen molar-refractivity contribution >= 4 is 45.5 Å². The van der Waals surface area contributed by atoms with E-state index < -0.39 is 0 Å². The third-order valence-corrected chi connectivity index (χ3v) is 4.72. The molecule has 132 valence electrons. The highest BCUT2D eigenvalue weighted by Crippen LogP contribution is 2.36. The van der Waals surface area contributed by atoms with Crippen molar-refractivity contribution < 1.29 is 9.53 Å². The summed E-state index contributed by atoms with van der Waals surface area (Å²) >= 11 is 6.79. The number of aromatic nitrogens is 1. The van der Waals surface area contributed by atoms with E-state index in [-0.39, 0.29) is 5.97 Å². The Kier molecular flexibility index (Phi) is 5.93. The van der Waals surface area contributed by atoms with Gasteiger partial charge in [0.05, 0.1) is 12.2 Å². The van der Waals surface area contributed by atoms with Gasteiger partial charge in [0.1, 0.15) is 10.8 Å². The minimum atomic E-state index is -0.380. The average Bonchev–Trinajstić information content (AvgIpc) is 3.07. The molecule has 2 aromatic heterocycles. The number of carbonyl (C=O) groups excluding carboxylic acids is 1. The lowest BCUT2D eigenvalue weighted by Crippen LogP contribution is -2.20. The minimum Gasteiger partial charge on any atom is -0.462 e. The molecule has 0 aliphatic rings. The molecule has 0 aliphatic heterocycles. The smallest absolute Gasteiger partial charge is 0.341 e. The first-order valence-corrected chi connectivity index (χ1v) is 9.25. The fourth-order valence-corrected chi connectivity index (χ4v) is 3.60. The van der Waals surface area contributed by atoms with Gasteiger partial charge in [0.25, 0.3) is 0 Å². The molecule has 26 heavy (non-hydrogen) atoms. The van der Waals surface area contributed by atoms with Crippen LogP contribution >= 0.6 is 23.6 Å². The summed E-state index contributed by atoms with van der Waals surface area (Å²) in [6.07, 6.45) is 1.67. The third kappa shape index (κ3) is 4.44. The number of thiophene rings is 1. The summed E-state index contributed by atoms with van der Waals surface area (Å²) in [4.78, 5) is 17.4. The number of rotatable bonds is 5. The molecule has 5 nitrogen and oxygen atoms in total. The quantitative estimate of drug-likeness (QED) is 0.488. The van der Waals surface area contributed by atoms with Gasteiger partial charge in [-0.3, -0.25) is 0 Å². The SMILES string of the molecule is CCOC(=O)c1cc(-c2ccccc2)sc1NC(=S)Nc1ccccn1. The van der Waals surface area contributed by atoms with Crippen LogP contribution in [0.4, 0.5) is 10.8 Å². The van der Waals surface area contributed by atoms with Gasteiger partial charge in [0, 0.05) is 11.1 Å². The van der Waals surface area contributed by atoms with Crippen LogP contribution < -0.4 is 10.6 Å². The van der Waals surface area contributed by atoms with E-state index in [1.54, 1.807) is 13.1 Å². The predicted molar refractivity (Wildman–Crippen MR) is 110 cm³/mol. The highest BCUT2D eigenvalue weighted by molar-refractivity contribution is 7.80. The molecule has 0 bridgehead atoms. The van der Waals surface area contributed by atoms with Gasteiger partial charge in [-0.1, -0.05) is 36.4 Å². The van der Waals surface area contributed by atoms with E-state index in [0.29, 0.717) is 28.1 Å². The number of carbonyl (C=O) groups is 1. The first-order valence-electron chi connectivity index (χ1n) is 8.02. The molecule has 0 unspecified atom stereocenters. The number of nitrogens with zero attached hydrogens (tertiary/aromatic N) is 1. The predicted octanol–water partition coefficient (Wildman–Crippen LogP) is 4.80. The Morgan fingerprint density at radius 3 is 2.62 bits per heavy atom. The summed E-state index contributed by atoms with van der Waals surface area (Å²) in [7, 11) is 0. The molecule has 0 saturated heterocycles. The van der Waals surface area contributed by atoms with Crippen LogP contribution in [0.15, 0.2) is 60.8 Å². The fourth-order valence-electron chi connectivity index (χ4n) is 2.28. The van der Waals surface area contributed by atoms with E-state index in [1.165, 1.54) is 11.3 Å². The lowest BCUT2D eigenvalue weighted by atomic mass is 10.1. The topological polar surface area (TPSA) is 63.2 Å². The highest BCUT2D eigenvalue weighted by Gasteiger charge is 2.19. The molecule has 0 spiro atoms. The molecular weight excluding hydrogens is 366 g/mol. The molecule has 1 aromatic carbocycles. The number of nitrogens with one attached hydrogen (secondary N) is 2. The van der Waals surface area contributed by atoms with Gasteiger partial charge in [0.15, 0.2) is 5.11 Å². The van der Waals surface area contributed by atoms with E-state index in [2.05, 4.69) is 15.6 Å². The number of esters is 1. The fraction of sp³-hybridized carbons (Fsp3) is 0.105. The van der Waals surface area contributed by atoms with Gasteiger partial charge in [-0.25, -0.2) is 9.78 Å². The van der Waals surface area contributed by atoms with Crippen LogP contribution in [0.1, 0.15) is 17.3 Å². The Hall–Kier alpha value is -2.77. The molecule has 0 radical (unpaired) electrons. The van der Waals surface area contributed by atoms with Crippen molar-refractivity contribution in [2.75, 3.05) is 17.2 Å². The van der Waals surface area contributed by atoms with Gasteiger partial charge in [0.2, 0.25) is 0 Å². The summed E-state index contributed by atoms with van der Waals surface area (Å²) < 4.78 is 5.17. The third-order valence-electron chi connectivity index (χ3n) is 3.42. The van der Waals surface area contributed by atoms with Crippen LogP contribution in [0.3, 0.4) is 0 Å². The number of hydrogen-bond donors (Lipinski definition) is 2. The Bertz CT molecular complexity index is 896. The molecule has 2 N–H and O–H groups in total. The van der Waals surface area contributed by atoms with E-state index >= 15 is 0 Å². The maximum absolute atomic E-state index is 12.3. The van der Waals surface area contributed by atoms with E-state index in [9.17, 15) is 4.79 Å². The summed E-state index contributed by atoms with van der Waals surface area (Å²) in [6, 6.07) is 17.2. The Balaban J connectivity index is 1.85. The first kappa shape index (κ1) is 18.0. The zero-order valence-corrected chi connectivity index (χ0v) is 15.7. The Morgan fingerprint density at radius 2 is 1.92 bits per heavy atom. The lowest BCUT2D eigenvalue weighted by Gasteiger charge is -2.09. The zero-order chi connectivity index (χ0) is 18.4. The number of thiocarbonyl (C=S) groups is 1. The van der Waals surface area contributed by atoms with Crippen LogP contribution in [-0.4, -0.2) is 22.7 Å². The van der Waals surface area contributed by atoms with Crippen molar-refractivity contribution in [2.45, 2.75) is 6.92 Å². The second-order valence-electron chi connectivity index (χ2n) is 5.23. The number of hydrogen-bond acceptors (Lipinski definition) is 5. The lowest BCUT2D eigenvalue weighted by molar-refractivity contribution is 0.0528. The van der Waals surface area contributed by atoms with Crippen LogP contribution in [0, 0.1) is 0 Å². The van der Waals surface area contributed by atoms with Crippen molar-refractivity contribution in [3.8, 4) is 10.4 Å². The molecule has 3 aromatic rings. The van der Waals surface area contributed by atoms with E-state index in [4.69, 9.17) is 17.0 Å². The van der Waals surface area contributed by atoms with Gasteiger partial charge in [-0.05, 0) is 42.9 Å².